The van der Waals surface area contributed by atoms with Gasteiger partial charge in [-0.05, 0) is 53.7 Å². The fraction of sp³-hybridized carbons (Fsp3) is 0.130. The van der Waals surface area contributed by atoms with Gasteiger partial charge in [0.05, 0.1) is 0 Å². The molecule has 24 heavy (non-hydrogen) atoms. The molecule has 0 bridgehead atoms. The Morgan fingerprint density at radius 2 is 1.54 bits per heavy atom. The molecule has 3 rings (SSSR count). The summed E-state index contributed by atoms with van der Waals surface area (Å²) in [5, 5.41) is 0. The highest BCUT2D eigenvalue weighted by Crippen LogP contribution is 2.29. The number of allylic oxidation sites excluding steroid dienone is 7. The minimum absolute atomic E-state index is 0.857. The largest absolute Gasteiger partial charge is 0.398 e. The molecule has 1 aliphatic carbocycles. The summed E-state index contributed by atoms with van der Waals surface area (Å²) < 4.78 is 0. The van der Waals surface area contributed by atoms with Gasteiger partial charge in [0.25, 0.3) is 0 Å². The summed E-state index contributed by atoms with van der Waals surface area (Å²) in [6, 6.07) is 20.9. The molecule has 0 unspecified atom stereocenters. The summed E-state index contributed by atoms with van der Waals surface area (Å²) in [5.41, 5.74) is 13.5. The second-order valence-corrected chi connectivity index (χ2v) is 5.96. The first-order valence-corrected chi connectivity index (χ1v) is 8.42. The Bertz CT molecular complexity index is 806. The second kappa shape index (κ2) is 7.65. The van der Waals surface area contributed by atoms with E-state index in [4.69, 9.17) is 5.73 Å². The molecule has 0 heterocycles. The predicted octanol–water partition coefficient (Wildman–Crippen LogP) is 5.74. The SMILES string of the molecule is C/C=C(/C=C(\N)C1=CC=C(c2ccccc2)CC1)c1ccccc1. The van der Waals surface area contributed by atoms with Crippen molar-refractivity contribution in [1.82, 2.24) is 0 Å². The summed E-state index contributed by atoms with van der Waals surface area (Å²) in [7, 11) is 0. The summed E-state index contributed by atoms with van der Waals surface area (Å²) >= 11 is 0. The van der Waals surface area contributed by atoms with E-state index < -0.39 is 0 Å². The Labute approximate surface area is 144 Å². The Hall–Kier alpha value is -2.80. The maximum absolute atomic E-state index is 6.37. The van der Waals surface area contributed by atoms with Gasteiger partial charge < -0.3 is 5.73 Å². The molecule has 0 saturated heterocycles. The van der Waals surface area contributed by atoms with Crippen LogP contribution >= 0.6 is 0 Å². The molecule has 0 spiro atoms. The second-order valence-electron chi connectivity index (χ2n) is 5.96. The Kier molecular flexibility index (Phi) is 5.12. The van der Waals surface area contributed by atoms with Gasteiger partial charge in [0.15, 0.2) is 0 Å². The van der Waals surface area contributed by atoms with E-state index in [1.54, 1.807) is 0 Å². The molecule has 0 fully saturated rings. The molecule has 1 heteroatoms. The molecule has 1 aliphatic rings. The molecule has 120 valence electrons. The van der Waals surface area contributed by atoms with Crippen LogP contribution in [-0.4, -0.2) is 0 Å². The molecular formula is C23H23N. The number of rotatable bonds is 4. The number of nitrogens with two attached hydrogens (primary N) is 1. The van der Waals surface area contributed by atoms with Crippen LogP contribution in [0.25, 0.3) is 11.1 Å². The van der Waals surface area contributed by atoms with E-state index in [9.17, 15) is 0 Å². The van der Waals surface area contributed by atoms with E-state index in [1.807, 2.05) is 6.07 Å². The lowest BCUT2D eigenvalue weighted by Crippen LogP contribution is -2.05. The van der Waals surface area contributed by atoms with E-state index >= 15 is 0 Å². The molecule has 1 nitrogen and oxygen atoms in total. The lowest BCUT2D eigenvalue weighted by atomic mass is 9.91. The molecule has 2 aromatic rings. The van der Waals surface area contributed by atoms with E-state index in [1.165, 1.54) is 22.3 Å². The molecule has 0 amide bonds. The summed E-state index contributed by atoms with van der Waals surface area (Å²) in [4.78, 5) is 0. The van der Waals surface area contributed by atoms with Crippen LogP contribution in [0.2, 0.25) is 0 Å². The Balaban J connectivity index is 1.82. The van der Waals surface area contributed by atoms with E-state index in [0.717, 1.165) is 24.1 Å². The van der Waals surface area contributed by atoms with Gasteiger partial charge in [-0.3, -0.25) is 0 Å². The molecule has 0 aliphatic heterocycles. The van der Waals surface area contributed by atoms with Crippen molar-refractivity contribution in [3.63, 3.8) is 0 Å². The molecule has 0 atom stereocenters. The number of hydrogen-bond donors (Lipinski definition) is 1. The summed E-state index contributed by atoms with van der Waals surface area (Å²) in [5.74, 6) is 0. The number of benzene rings is 2. The van der Waals surface area contributed by atoms with E-state index in [0.29, 0.717) is 0 Å². The van der Waals surface area contributed by atoms with Crippen LogP contribution in [0.5, 0.6) is 0 Å². The monoisotopic (exact) mass is 313 g/mol. The fourth-order valence-electron chi connectivity index (χ4n) is 2.99. The van der Waals surface area contributed by atoms with Crippen molar-refractivity contribution >= 4 is 11.1 Å². The predicted molar refractivity (Wildman–Crippen MR) is 104 cm³/mol. The van der Waals surface area contributed by atoms with Crippen molar-refractivity contribution in [3.8, 4) is 0 Å². The van der Waals surface area contributed by atoms with Crippen LogP contribution in [0.3, 0.4) is 0 Å². The average Bonchev–Trinajstić information content (AvgIpc) is 2.67. The van der Waals surface area contributed by atoms with E-state index in [-0.39, 0.29) is 0 Å². The van der Waals surface area contributed by atoms with Gasteiger partial charge in [-0.25, -0.2) is 0 Å². The summed E-state index contributed by atoms with van der Waals surface area (Å²) in [6.45, 7) is 2.05. The van der Waals surface area contributed by atoms with Crippen LogP contribution < -0.4 is 5.73 Å². The first-order valence-electron chi connectivity index (χ1n) is 8.42. The maximum atomic E-state index is 6.37. The van der Waals surface area contributed by atoms with Crippen molar-refractivity contribution < 1.29 is 0 Å². The van der Waals surface area contributed by atoms with Crippen molar-refractivity contribution in [2.45, 2.75) is 19.8 Å². The molecule has 2 aromatic carbocycles. The highest BCUT2D eigenvalue weighted by atomic mass is 14.6. The van der Waals surface area contributed by atoms with Gasteiger partial charge in [0.1, 0.15) is 0 Å². The molecule has 0 radical (unpaired) electrons. The highest BCUT2D eigenvalue weighted by Gasteiger charge is 2.10. The van der Waals surface area contributed by atoms with Crippen molar-refractivity contribution in [2.75, 3.05) is 0 Å². The van der Waals surface area contributed by atoms with Crippen LogP contribution in [-0.2, 0) is 0 Å². The van der Waals surface area contributed by atoms with Gasteiger partial charge in [-0.1, -0.05) is 78.9 Å². The Morgan fingerprint density at radius 3 is 2.12 bits per heavy atom. The van der Waals surface area contributed by atoms with Crippen LogP contribution in [0.1, 0.15) is 30.9 Å². The molecule has 0 aromatic heterocycles. The third kappa shape index (κ3) is 3.75. The molecule has 0 saturated carbocycles. The van der Waals surface area contributed by atoms with Crippen LogP contribution in [0.15, 0.2) is 96.2 Å². The smallest absolute Gasteiger partial charge is 0.0352 e. The zero-order valence-corrected chi connectivity index (χ0v) is 14.1. The zero-order chi connectivity index (χ0) is 16.8. The van der Waals surface area contributed by atoms with Gasteiger partial charge >= 0.3 is 0 Å². The zero-order valence-electron chi connectivity index (χ0n) is 14.1. The van der Waals surface area contributed by atoms with Crippen LogP contribution in [0, 0.1) is 0 Å². The molecular weight excluding hydrogens is 290 g/mol. The van der Waals surface area contributed by atoms with Crippen LogP contribution in [0.4, 0.5) is 0 Å². The quantitative estimate of drug-likeness (QED) is 0.716. The third-order valence-electron chi connectivity index (χ3n) is 4.39. The normalized spacial score (nSPS) is 15.7. The van der Waals surface area contributed by atoms with Gasteiger partial charge in [-0.15, -0.1) is 0 Å². The average molecular weight is 313 g/mol. The van der Waals surface area contributed by atoms with Gasteiger partial charge in [-0.2, -0.15) is 0 Å². The molecule has 2 N–H and O–H groups in total. The Morgan fingerprint density at radius 1 is 0.875 bits per heavy atom. The van der Waals surface area contributed by atoms with Gasteiger partial charge in [0, 0.05) is 5.70 Å². The topological polar surface area (TPSA) is 26.0 Å². The fourth-order valence-corrected chi connectivity index (χ4v) is 2.99. The van der Waals surface area contributed by atoms with Crippen molar-refractivity contribution in [1.29, 1.82) is 0 Å². The third-order valence-corrected chi connectivity index (χ3v) is 4.39. The van der Waals surface area contributed by atoms with Crippen molar-refractivity contribution in [2.24, 2.45) is 5.73 Å². The summed E-state index contributed by atoms with van der Waals surface area (Å²) in [6.07, 6.45) is 10.6. The lowest BCUT2D eigenvalue weighted by molar-refractivity contribution is 0.977. The minimum atomic E-state index is 0.857. The lowest BCUT2D eigenvalue weighted by Gasteiger charge is -2.16. The van der Waals surface area contributed by atoms with Gasteiger partial charge in [0.2, 0.25) is 0 Å². The van der Waals surface area contributed by atoms with E-state index in [2.05, 4.69) is 85.8 Å². The first kappa shape index (κ1) is 16.1. The standard InChI is InChI=1S/C23H23N/c1-2-18(19-9-5-3-6-10-19)17-23(24)22-15-13-21(14-16-22)20-11-7-4-8-12-20/h2-13,15,17H,14,16,24H2,1H3/b18-2-,23-17-. The maximum Gasteiger partial charge on any atom is 0.0352 e. The highest BCUT2D eigenvalue weighted by molar-refractivity contribution is 5.76. The first-order chi connectivity index (χ1) is 11.8. The van der Waals surface area contributed by atoms with Crippen molar-refractivity contribution in [3.05, 3.63) is 107 Å². The number of hydrogen-bond acceptors (Lipinski definition) is 1. The minimum Gasteiger partial charge on any atom is -0.398 e.